The van der Waals surface area contributed by atoms with Gasteiger partial charge in [0.1, 0.15) is 0 Å². The van der Waals surface area contributed by atoms with Crippen molar-refractivity contribution < 1.29 is 0 Å². The second-order valence-corrected chi connectivity index (χ2v) is 7.97. The molecule has 18 heavy (non-hydrogen) atoms. The van der Waals surface area contributed by atoms with Crippen LogP contribution in [0.4, 0.5) is 0 Å². The number of hydrogen-bond donors (Lipinski definition) is 0. The lowest BCUT2D eigenvalue weighted by atomic mass is 9.41. The van der Waals surface area contributed by atoms with Crippen molar-refractivity contribution in [2.45, 2.75) is 83.7 Å². The summed E-state index contributed by atoms with van der Waals surface area (Å²) in [6, 6.07) is 2.04. The molecule has 1 nitrogen and oxygen atoms in total. The predicted octanol–water partition coefficient (Wildman–Crippen LogP) is 4.22. The lowest BCUT2D eigenvalue weighted by molar-refractivity contribution is -0.178. The van der Waals surface area contributed by atoms with Crippen LogP contribution in [0.25, 0.3) is 0 Å². The third kappa shape index (κ3) is 1.32. The third-order valence-corrected chi connectivity index (χ3v) is 7.37. The smallest absolute Gasteiger partial charge is 0.0232 e. The molecule has 2 saturated heterocycles. The first-order chi connectivity index (χ1) is 8.71. The van der Waals surface area contributed by atoms with Crippen molar-refractivity contribution in [1.82, 2.24) is 4.90 Å². The summed E-state index contributed by atoms with van der Waals surface area (Å²) in [4.78, 5) is 2.86. The molecule has 0 amide bonds. The predicted molar refractivity (Wildman–Crippen MR) is 75.5 cm³/mol. The Morgan fingerprint density at radius 1 is 1.22 bits per heavy atom. The van der Waals surface area contributed by atoms with Crippen LogP contribution in [0.1, 0.15) is 71.6 Å². The van der Waals surface area contributed by atoms with Gasteiger partial charge in [0.25, 0.3) is 0 Å². The largest absolute Gasteiger partial charge is 0.294 e. The number of hydrogen-bond acceptors (Lipinski definition) is 1. The van der Waals surface area contributed by atoms with Crippen LogP contribution in [0.2, 0.25) is 0 Å². The van der Waals surface area contributed by atoms with Crippen molar-refractivity contribution >= 4 is 0 Å². The van der Waals surface area contributed by atoms with E-state index in [-0.39, 0.29) is 0 Å². The van der Waals surface area contributed by atoms with E-state index < -0.39 is 0 Å². The molecule has 5 atom stereocenters. The maximum atomic E-state index is 2.86. The van der Waals surface area contributed by atoms with E-state index in [1.165, 1.54) is 32.2 Å². The number of rotatable bonds is 4. The molecule has 4 aliphatic rings. The molecule has 1 spiro atoms. The molecule has 0 aromatic carbocycles. The molecule has 5 unspecified atom stereocenters. The van der Waals surface area contributed by atoms with Gasteiger partial charge in [0.15, 0.2) is 0 Å². The Bertz CT molecular complexity index is 344. The van der Waals surface area contributed by atoms with E-state index in [1.807, 2.05) is 0 Å². The molecule has 2 saturated carbocycles. The van der Waals surface area contributed by atoms with Crippen molar-refractivity contribution in [1.29, 1.82) is 0 Å². The van der Waals surface area contributed by atoms with Gasteiger partial charge in [-0.3, -0.25) is 4.90 Å². The van der Waals surface area contributed by atoms with Gasteiger partial charge in [-0.05, 0) is 48.9 Å². The van der Waals surface area contributed by atoms with Crippen molar-refractivity contribution in [2.75, 3.05) is 6.54 Å². The summed E-state index contributed by atoms with van der Waals surface area (Å²) in [6.07, 6.45) is 13.8. The molecule has 4 fully saturated rings. The van der Waals surface area contributed by atoms with Gasteiger partial charge in [-0.15, -0.1) is 0 Å². The van der Waals surface area contributed by atoms with Crippen LogP contribution >= 0.6 is 0 Å². The Balaban J connectivity index is 1.54. The van der Waals surface area contributed by atoms with Gasteiger partial charge in [-0.1, -0.05) is 39.5 Å². The summed E-state index contributed by atoms with van der Waals surface area (Å²) < 4.78 is 0. The quantitative estimate of drug-likeness (QED) is 0.672. The van der Waals surface area contributed by atoms with Crippen LogP contribution in [-0.2, 0) is 0 Å². The van der Waals surface area contributed by atoms with E-state index in [1.54, 1.807) is 32.1 Å². The second kappa shape index (κ2) is 3.75. The lowest BCUT2D eigenvalue weighted by Crippen LogP contribution is -2.67. The van der Waals surface area contributed by atoms with Crippen LogP contribution in [0, 0.1) is 16.7 Å². The first-order valence-corrected chi connectivity index (χ1v) is 8.46. The molecule has 2 bridgehead atoms. The maximum absolute atomic E-state index is 2.86. The fraction of sp³-hybridized carbons (Fsp3) is 1.00. The molecule has 1 heteroatoms. The molecule has 4 rings (SSSR count). The highest BCUT2D eigenvalue weighted by molar-refractivity contribution is 5.26. The summed E-state index contributed by atoms with van der Waals surface area (Å²) in [5.74, 6) is 0.953. The number of fused-ring (bicyclic) bond motifs is 6. The minimum absolute atomic E-state index is 0.799. The Morgan fingerprint density at radius 3 is 2.72 bits per heavy atom. The van der Waals surface area contributed by atoms with Crippen LogP contribution in [0.15, 0.2) is 0 Å². The van der Waals surface area contributed by atoms with Crippen LogP contribution in [0.3, 0.4) is 0 Å². The maximum Gasteiger partial charge on any atom is 0.0232 e. The molecule has 102 valence electrons. The van der Waals surface area contributed by atoms with Gasteiger partial charge in [0, 0.05) is 18.6 Å². The summed E-state index contributed by atoms with van der Waals surface area (Å²) >= 11 is 0. The molecule has 2 aliphatic carbocycles. The molecular formula is C17H29N. The lowest BCUT2D eigenvalue weighted by Gasteiger charge is -2.68. The Kier molecular flexibility index (Phi) is 2.45. The first kappa shape index (κ1) is 11.8. The highest BCUT2D eigenvalue weighted by Crippen LogP contribution is 2.75. The second-order valence-electron chi connectivity index (χ2n) is 7.97. The van der Waals surface area contributed by atoms with Crippen molar-refractivity contribution in [3.8, 4) is 0 Å². The standard InChI is InChI=1S/C17H29N/c1-3-13(2)6-9-16-10-14-12-18(14)15(11-16)17(16)7-4-5-8-17/h13-15H,3-12H2,1-2H3. The Morgan fingerprint density at radius 2 is 2.00 bits per heavy atom. The number of piperidine rings is 2. The SMILES string of the molecule is CCC(C)CCC12CC3CN3C(C1)C21CCCC1. The van der Waals surface area contributed by atoms with Gasteiger partial charge in [-0.25, -0.2) is 0 Å². The average molecular weight is 247 g/mol. The van der Waals surface area contributed by atoms with Gasteiger partial charge >= 0.3 is 0 Å². The zero-order valence-electron chi connectivity index (χ0n) is 12.3. The number of nitrogens with zero attached hydrogens (tertiary/aromatic N) is 1. The molecular weight excluding hydrogens is 218 g/mol. The summed E-state index contributed by atoms with van der Waals surface area (Å²) in [5, 5.41) is 0. The van der Waals surface area contributed by atoms with E-state index in [0.717, 1.165) is 28.8 Å². The van der Waals surface area contributed by atoms with Crippen LogP contribution < -0.4 is 0 Å². The van der Waals surface area contributed by atoms with Crippen molar-refractivity contribution in [3.63, 3.8) is 0 Å². The molecule has 0 aromatic rings. The molecule has 2 heterocycles. The fourth-order valence-electron chi connectivity index (χ4n) is 5.97. The highest BCUT2D eigenvalue weighted by atomic mass is 15.4. The van der Waals surface area contributed by atoms with Gasteiger partial charge in [-0.2, -0.15) is 0 Å². The van der Waals surface area contributed by atoms with Gasteiger partial charge < -0.3 is 0 Å². The van der Waals surface area contributed by atoms with E-state index in [2.05, 4.69) is 18.7 Å². The third-order valence-electron chi connectivity index (χ3n) is 7.37. The van der Waals surface area contributed by atoms with E-state index >= 15 is 0 Å². The molecule has 2 aliphatic heterocycles. The van der Waals surface area contributed by atoms with Gasteiger partial charge in [0.2, 0.25) is 0 Å². The Hall–Kier alpha value is -0.0400. The van der Waals surface area contributed by atoms with E-state index in [0.29, 0.717) is 0 Å². The van der Waals surface area contributed by atoms with E-state index in [4.69, 9.17) is 0 Å². The average Bonchev–Trinajstić information content (AvgIpc) is 2.97. The van der Waals surface area contributed by atoms with Crippen LogP contribution in [0.5, 0.6) is 0 Å². The minimum atomic E-state index is 0.799. The summed E-state index contributed by atoms with van der Waals surface area (Å²) in [6.45, 7) is 6.28. The summed E-state index contributed by atoms with van der Waals surface area (Å²) in [7, 11) is 0. The summed E-state index contributed by atoms with van der Waals surface area (Å²) in [5.41, 5.74) is 1.60. The first-order valence-electron chi connectivity index (χ1n) is 8.46. The minimum Gasteiger partial charge on any atom is -0.294 e. The molecule has 0 radical (unpaired) electrons. The van der Waals surface area contributed by atoms with Gasteiger partial charge in [0.05, 0.1) is 0 Å². The Labute approximate surface area is 112 Å². The highest BCUT2D eigenvalue weighted by Gasteiger charge is 2.73. The zero-order valence-corrected chi connectivity index (χ0v) is 12.3. The van der Waals surface area contributed by atoms with Crippen LogP contribution in [-0.4, -0.2) is 23.5 Å². The fourth-order valence-corrected chi connectivity index (χ4v) is 5.97. The van der Waals surface area contributed by atoms with Crippen molar-refractivity contribution in [3.05, 3.63) is 0 Å². The zero-order chi connectivity index (χ0) is 12.4. The van der Waals surface area contributed by atoms with Crippen molar-refractivity contribution in [2.24, 2.45) is 16.7 Å². The monoisotopic (exact) mass is 247 g/mol. The molecule has 0 aromatic heterocycles. The molecule has 0 N–H and O–H groups in total. The topological polar surface area (TPSA) is 3.01 Å². The van der Waals surface area contributed by atoms with E-state index in [9.17, 15) is 0 Å². The normalized spacial score (nSPS) is 48.7.